The highest BCUT2D eigenvalue weighted by Crippen LogP contribution is 1.94. The number of alkyl carbamates (subject to hydrolysis) is 1. The first-order valence-corrected chi connectivity index (χ1v) is 8.65. The molecule has 0 saturated carbocycles. The van der Waals surface area contributed by atoms with Crippen molar-refractivity contribution in [1.82, 2.24) is 10.6 Å². The molecule has 1 aromatic rings. The monoisotopic (exact) mass is 378 g/mol. The van der Waals surface area contributed by atoms with E-state index in [0.717, 1.165) is 5.56 Å². The van der Waals surface area contributed by atoms with Gasteiger partial charge < -0.3 is 29.6 Å². The zero-order valence-corrected chi connectivity index (χ0v) is 15.5. The summed E-state index contributed by atoms with van der Waals surface area (Å²) in [7, 11) is 1.49. The van der Waals surface area contributed by atoms with Gasteiger partial charge in [-0.25, -0.2) is 4.79 Å². The van der Waals surface area contributed by atoms with Crippen molar-refractivity contribution in [3.8, 4) is 11.8 Å². The molecule has 8 heteroatoms. The average molecular weight is 378 g/mol. The van der Waals surface area contributed by atoms with Crippen LogP contribution in [0.25, 0.3) is 0 Å². The summed E-state index contributed by atoms with van der Waals surface area (Å²) < 4.78 is 20.6. The Hall–Kier alpha value is -2.60. The van der Waals surface area contributed by atoms with Crippen molar-refractivity contribution >= 4 is 12.0 Å². The van der Waals surface area contributed by atoms with E-state index in [2.05, 4.69) is 22.5 Å². The topological polar surface area (TPSA) is 95.1 Å². The lowest BCUT2D eigenvalue weighted by atomic mass is 10.2. The molecule has 0 bridgehead atoms. The fourth-order valence-corrected chi connectivity index (χ4v) is 1.74. The molecule has 148 valence electrons. The Bertz CT molecular complexity index is 597. The lowest BCUT2D eigenvalue weighted by Crippen LogP contribution is -2.26. The molecule has 0 aromatic heterocycles. The van der Waals surface area contributed by atoms with Gasteiger partial charge in [-0.3, -0.25) is 4.79 Å². The predicted octanol–water partition coefficient (Wildman–Crippen LogP) is 0.560. The van der Waals surface area contributed by atoms with E-state index in [9.17, 15) is 9.59 Å². The van der Waals surface area contributed by atoms with Crippen LogP contribution < -0.4 is 10.6 Å². The summed E-state index contributed by atoms with van der Waals surface area (Å²) in [5, 5.41) is 5.00. The molecule has 8 nitrogen and oxygen atoms in total. The number of carbonyl (C=O) groups excluding carboxylic acids is 2. The number of hydrogen-bond donors (Lipinski definition) is 2. The summed E-state index contributed by atoms with van der Waals surface area (Å²) in [6.45, 7) is 2.98. The van der Waals surface area contributed by atoms with Crippen LogP contribution in [0.4, 0.5) is 4.79 Å². The van der Waals surface area contributed by atoms with E-state index in [1.807, 2.05) is 30.3 Å². The van der Waals surface area contributed by atoms with Gasteiger partial charge in [0.1, 0.15) is 6.61 Å². The molecule has 27 heavy (non-hydrogen) atoms. The van der Waals surface area contributed by atoms with Gasteiger partial charge in [0.15, 0.2) is 0 Å². The molecule has 0 aliphatic carbocycles. The van der Waals surface area contributed by atoms with Crippen molar-refractivity contribution in [3.63, 3.8) is 0 Å². The van der Waals surface area contributed by atoms with Crippen molar-refractivity contribution in [2.75, 3.05) is 59.8 Å². The molecule has 2 N–H and O–H groups in total. The Morgan fingerprint density at radius 1 is 0.889 bits per heavy atom. The van der Waals surface area contributed by atoms with Crippen LogP contribution in [0.5, 0.6) is 0 Å². The third-order valence-electron chi connectivity index (χ3n) is 3.04. The van der Waals surface area contributed by atoms with Gasteiger partial charge in [-0.15, -0.1) is 0 Å². The molecule has 0 aliphatic heterocycles. The van der Waals surface area contributed by atoms with Crippen molar-refractivity contribution < 1.29 is 28.5 Å². The molecule has 1 rings (SSSR count). The quantitative estimate of drug-likeness (QED) is 0.408. The standard InChI is InChI=1S/C19H26N2O6/c1-20-19(23)27-16-15-26-14-13-25-12-11-24-10-9-21-18(22)8-7-17-5-3-2-4-6-17/h2-6H,9-16H2,1H3,(H,20,23)(H,21,22). The molecule has 0 atom stereocenters. The van der Waals surface area contributed by atoms with E-state index in [4.69, 9.17) is 18.9 Å². The lowest BCUT2D eigenvalue weighted by molar-refractivity contribution is -0.115. The number of amides is 2. The van der Waals surface area contributed by atoms with Crippen LogP contribution >= 0.6 is 0 Å². The second-order valence-electron chi connectivity index (χ2n) is 5.09. The molecule has 0 unspecified atom stereocenters. The largest absolute Gasteiger partial charge is 0.447 e. The molecular weight excluding hydrogens is 352 g/mol. The zero-order valence-electron chi connectivity index (χ0n) is 15.5. The Morgan fingerprint density at radius 3 is 2.11 bits per heavy atom. The van der Waals surface area contributed by atoms with Crippen molar-refractivity contribution in [1.29, 1.82) is 0 Å². The Labute approximate surface area is 159 Å². The van der Waals surface area contributed by atoms with Gasteiger partial charge in [0.2, 0.25) is 0 Å². The zero-order chi connectivity index (χ0) is 19.6. The summed E-state index contributed by atoms with van der Waals surface area (Å²) >= 11 is 0. The molecule has 0 spiro atoms. The van der Waals surface area contributed by atoms with Gasteiger partial charge in [-0.05, 0) is 12.1 Å². The predicted molar refractivity (Wildman–Crippen MR) is 99.2 cm³/mol. The van der Waals surface area contributed by atoms with Crippen LogP contribution in [0.2, 0.25) is 0 Å². The van der Waals surface area contributed by atoms with E-state index >= 15 is 0 Å². The normalized spacial score (nSPS) is 9.81. The first-order valence-electron chi connectivity index (χ1n) is 8.65. The van der Waals surface area contributed by atoms with Gasteiger partial charge in [0.25, 0.3) is 5.91 Å². The lowest BCUT2D eigenvalue weighted by Gasteiger charge is -2.07. The summed E-state index contributed by atoms with van der Waals surface area (Å²) in [5.41, 5.74) is 0.795. The number of ether oxygens (including phenoxy) is 4. The van der Waals surface area contributed by atoms with Crippen LogP contribution in [0.3, 0.4) is 0 Å². The molecule has 0 saturated heterocycles. The Morgan fingerprint density at radius 2 is 1.48 bits per heavy atom. The highest BCUT2D eigenvalue weighted by atomic mass is 16.6. The van der Waals surface area contributed by atoms with Crippen molar-refractivity contribution in [2.45, 2.75) is 0 Å². The molecule has 0 fully saturated rings. The Kier molecular flexibility index (Phi) is 13.0. The second kappa shape index (κ2) is 15.6. The molecule has 0 heterocycles. The Balaban J connectivity index is 1.86. The smallest absolute Gasteiger partial charge is 0.406 e. The van der Waals surface area contributed by atoms with E-state index in [0.29, 0.717) is 46.2 Å². The minimum absolute atomic E-state index is 0.199. The molecule has 1 aromatic carbocycles. The van der Waals surface area contributed by atoms with Gasteiger partial charge in [0.05, 0.1) is 39.6 Å². The van der Waals surface area contributed by atoms with E-state index in [1.165, 1.54) is 7.05 Å². The third-order valence-corrected chi connectivity index (χ3v) is 3.04. The molecule has 0 radical (unpaired) electrons. The van der Waals surface area contributed by atoms with Crippen LogP contribution in [-0.4, -0.2) is 71.8 Å². The summed E-state index contributed by atoms with van der Waals surface area (Å²) in [5.74, 6) is 4.97. The minimum atomic E-state index is -0.480. The molecule has 0 aliphatic rings. The van der Waals surface area contributed by atoms with Crippen LogP contribution in [0.1, 0.15) is 5.56 Å². The van der Waals surface area contributed by atoms with Gasteiger partial charge in [0, 0.05) is 25.1 Å². The SMILES string of the molecule is CNC(=O)OCCOCCOCCOCCNC(=O)C#Cc1ccccc1. The van der Waals surface area contributed by atoms with E-state index < -0.39 is 6.09 Å². The van der Waals surface area contributed by atoms with Crippen LogP contribution in [0.15, 0.2) is 30.3 Å². The summed E-state index contributed by atoms with van der Waals surface area (Å²) in [6, 6.07) is 9.31. The first-order chi connectivity index (χ1) is 13.2. The number of nitrogens with one attached hydrogen (secondary N) is 2. The average Bonchev–Trinajstić information content (AvgIpc) is 2.70. The fraction of sp³-hybridized carbons (Fsp3) is 0.474. The highest BCUT2D eigenvalue weighted by Gasteiger charge is 1.97. The number of hydrogen-bond acceptors (Lipinski definition) is 6. The van der Waals surface area contributed by atoms with Gasteiger partial charge in [-0.1, -0.05) is 24.1 Å². The maximum Gasteiger partial charge on any atom is 0.406 e. The van der Waals surface area contributed by atoms with Gasteiger partial charge in [-0.2, -0.15) is 0 Å². The molecular formula is C19H26N2O6. The van der Waals surface area contributed by atoms with E-state index in [1.54, 1.807) is 0 Å². The summed E-state index contributed by atoms with van der Waals surface area (Å²) in [6.07, 6.45) is -0.480. The highest BCUT2D eigenvalue weighted by molar-refractivity contribution is 5.94. The van der Waals surface area contributed by atoms with E-state index in [-0.39, 0.29) is 12.5 Å². The van der Waals surface area contributed by atoms with Crippen molar-refractivity contribution in [3.05, 3.63) is 35.9 Å². The third kappa shape index (κ3) is 13.3. The van der Waals surface area contributed by atoms with Crippen molar-refractivity contribution in [2.24, 2.45) is 0 Å². The molecule has 2 amide bonds. The maximum atomic E-state index is 11.5. The number of carbonyl (C=O) groups is 2. The first kappa shape index (κ1) is 22.4. The maximum absolute atomic E-state index is 11.5. The minimum Gasteiger partial charge on any atom is -0.447 e. The number of benzene rings is 1. The summed E-state index contributed by atoms with van der Waals surface area (Å²) in [4.78, 5) is 22.3. The van der Waals surface area contributed by atoms with Crippen LogP contribution in [-0.2, 0) is 23.7 Å². The van der Waals surface area contributed by atoms with Gasteiger partial charge >= 0.3 is 6.09 Å². The van der Waals surface area contributed by atoms with Crippen LogP contribution in [0, 0.1) is 11.8 Å². The second-order valence-corrected chi connectivity index (χ2v) is 5.09. The fourth-order valence-electron chi connectivity index (χ4n) is 1.74. The number of rotatable bonds is 12.